The molecule has 1 aromatic rings. The van der Waals surface area contributed by atoms with Gasteiger partial charge in [-0.3, -0.25) is 4.90 Å². The maximum absolute atomic E-state index is 13.4. The van der Waals surface area contributed by atoms with Crippen LogP contribution in [0.25, 0.3) is 0 Å². The molecule has 0 bridgehead atoms. The van der Waals surface area contributed by atoms with Crippen LogP contribution in [0.2, 0.25) is 0 Å². The van der Waals surface area contributed by atoms with Crippen LogP contribution in [-0.4, -0.2) is 28.5 Å². The predicted octanol–water partition coefficient (Wildman–Crippen LogP) is 2.54. The molecule has 110 valence electrons. The topological polar surface area (TPSA) is 61.8 Å². The highest BCUT2D eigenvalue weighted by molar-refractivity contribution is 5.98. The largest absolute Gasteiger partial charge is 0.409 e. The van der Waals surface area contributed by atoms with E-state index in [2.05, 4.69) is 23.9 Å². The molecule has 1 unspecified atom stereocenters. The van der Waals surface area contributed by atoms with Gasteiger partial charge in [-0.2, -0.15) is 0 Å². The smallest absolute Gasteiger partial charge is 0.170 e. The standard InChI is InChI=1S/C15H22FN3O/c1-10(2)14-4-3-7-19(14)9-11-5-6-12(16)8-13(11)15(17)18-20/h5-6,8,10,14,20H,3-4,7,9H2,1-2H3,(H2,17,18). The molecule has 1 aliphatic rings. The average Bonchev–Trinajstić information content (AvgIpc) is 2.88. The maximum atomic E-state index is 13.4. The molecule has 0 saturated carbocycles. The molecule has 1 aliphatic heterocycles. The number of benzene rings is 1. The van der Waals surface area contributed by atoms with E-state index in [4.69, 9.17) is 10.9 Å². The monoisotopic (exact) mass is 279 g/mol. The molecule has 0 radical (unpaired) electrons. The summed E-state index contributed by atoms with van der Waals surface area (Å²) in [5, 5.41) is 11.8. The van der Waals surface area contributed by atoms with Crippen LogP contribution >= 0.6 is 0 Å². The molecule has 1 atom stereocenters. The molecule has 1 aromatic carbocycles. The quantitative estimate of drug-likeness (QED) is 0.385. The minimum atomic E-state index is -0.378. The minimum Gasteiger partial charge on any atom is -0.409 e. The van der Waals surface area contributed by atoms with E-state index in [1.807, 2.05) is 0 Å². The number of nitrogens with two attached hydrogens (primary N) is 1. The Hall–Kier alpha value is -1.62. The van der Waals surface area contributed by atoms with Crippen molar-refractivity contribution in [2.75, 3.05) is 6.54 Å². The van der Waals surface area contributed by atoms with Crippen molar-refractivity contribution >= 4 is 5.84 Å². The Balaban J connectivity index is 2.25. The Morgan fingerprint density at radius 1 is 1.55 bits per heavy atom. The van der Waals surface area contributed by atoms with Crippen LogP contribution in [-0.2, 0) is 6.54 Å². The lowest BCUT2D eigenvalue weighted by Gasteiger charge is -2.28. The summed E-state index contributed by atoms with van der Waals surface area (Å²) in [6.45, 7) is 6.18. The number of amidine groups is 1. The fourth-order valence-corrected chi connectivity index (χ4v) is 3.00. The summed E-state index contributed by atoms with van der Waals surface area (Å²) in [6.07, 6.45) is 2.38. The molecular formula is C15H22FN3O. The van der Waals surface area contributed by atoms with E-state index < -0.39 is 0 Å². The molecule has 20 heavy (non-hydrogen) atoms. The van der Waals surface area contributed by atoms with Gasteiger partial charge in [0.15, 0.2) is 5.84 Å². The van der Waals surface area contributed by atoms with Gasteiger partial charge in [-0.25, -0.2) is 4.39 Å². The highest BCUT2D eigenvalue weighted by Gasteiger charge is 2.27. The van der Waals surface area contributed by atoms with Gasteiger partial charge in [0, 0.05) is 18.2 Å². The molecule has 5 heteroatoms. The first-order chi connectivity index (χ1) is 9.52. The second kappa shape index (κ2) is 6.22. The summed E-state index contributed by atoms with van der Waals surface area (Å²) in [5.41, 5.74) is 7.02. The Kier molecular flexibility index (Phi) is 4.60. The van der Waals surface area contributed by atoms with Gasteiger partial charge < -0.3 is 10.9 Å². The molecule has 3 N–H and O–H groups in total. The van der Waals surface area contributed by atoms with Crippen LogP contribution in [0.3, 0.4) is 0 Å². The summed E-state index contributed by atoms with van der Waals surface area (Å²) < 4.78 is 13.4. The Bertz CT molecular complexity index is 502. The summed E-state index contributed by atoms with van der Waals surface area (Å²) in [6, 6.07) is 5.01. The third-order valence-electron chi connectivity index (χ3n) is 4.01. The molecular weight excluding hydrogens is 257 g/mol. The van der Waals surface area contributed by atoms with E-state index in [-0.39, 0.29) is 11.7 Å². The second-order valence-corrected chi connectivity index (χ2v) is 5.71. The van der Waals surface area contributed by atoms with Crippen molar-refractivity contribution in [1.29, 1.82) is 0 Å². The zero-order valence-corrected chi connectivity index (χ0v) is 12.0. The first kappa shape index (κ1) is 14.8. The molecule has 0 spiro atoms. The number of likely N-dealkylation sites (tertiary alicyclic amines) is 1. The Morgan fingerprint density at radius 2 is 2.30 bits per heavy atom. The number of rotatable bonds is 4. The summed E-state index contributed by atoms with van der Waals surface area (Å²) in [4.78, 5) is 2.39. The zero-order valence-electron chi connectivity index (χ0n) is 12.0. The van der Waals surface area contributed by atoms with Crippen molar-refractivity contribution in [2.45, 2.75) is 39.3 Å². The lowest BCUT2D eigenvalue weighted by Crippen LogP contribution is -2.33. The number of nitrogens with zero attached hydrogens (tertiary/aromatic N) is 2. The van der Waals surface area contributed by atoms with Crippen molar-refractivity contribution in [3.05, 3.63) is 35.1 Å². The normalized spacial score (nSPS) is 20.8. The van der Waals surface area contributed by atoms with Gasteiger partial charge in [0.1, 0.15) is 5.82 Å². The second-order valence-electron chi connectivity index (χ2n) is 5.71. The van der Waals surface area contributed by atoms with Gasteiger partial charge in [0.25, 0.3) is 0 Å². The van der Waals surface area contributed by atoms with Gasteiger partial charge in [-0.15, -0.1) is 0 Å². The first-order valence-corrected chi connectivity index (χ1v) is 7.03. The number of oxime groups is 1. The number of halogens is 1. The van der Waals surface area contributed by atoms with Crippen molar-refractivity contribution in [2.24, 2.45) is 16.8 Å². The van der Waals surface area contributed by atoms with Crippen LogP contribution in [0, 0.1) is 11.7 Å². The SMILES string of the molecule is CC(C)C1CCCN1Cc1ccc(F)cc1C(N)=NO. The highest BCUT2D eigenvalue weighted by atomic mass is 19.1. The number of hydrogen-bond donors (Lipinski definition) is 2. The molecule has 1 fully saturated rings. The molecule has 0 aliphatic carbocycles. The fraction of sp³-hybridized carbons (Fsp3) is 0.533. The summed E-state index contributed by atoms with van der Waals surface area (Å²) in [7, 11) is 0. The molecule has 0 aromatic heterocycles. The van der Waals surface area contributed by atoms with Crippen LogP contribution in [0.5, 0.6) is 0 Å². The zero-order chi connectivity index (χ0) is 14.7. The van der Waals surface area contributed by atoms with E-state index in [1.54, 1.807) is 6.07 Å². The third-order valence-corrected chi connectivity index (χ3v) is 4.01. The van der Waals surface area contributed by atoms with Crippen molar-refractivity contribution < 1.29 is 9.60 Å². The lowest BCUT2D eigenvalue weighted by molar-refractivity contribution is 0.198. The predicted molar refractivity (Wildman–Crippen MR) is 77.2 cm³/mol. The fourth-order valence-electron chi connectivity index (χ4n) is 3.00. The molecule has 4 nitrogen and oxygen atoms in total. The maximum Gasteiger partial charge on any atom is 0.170 e. The van der Waals surface area contributed by atoms with E-state index in [9.17, 15) is 4.39 Å². The summed E-state index contributed by atoms with van der Waals surface area (Å²) >= 11 is 0. The van der Waals surface area contributed by atoms with Crippen LogP contribution < -0.4 is 5.73 Å². The van der Waals surface area contributed by atoms with E-state index in [0.717, 1.165) is 12.1 Å². The molecule has 1 saturated heterocycles. The highest BCUT2D eigenvalue weighted by Crippen LogP contribution is 2.26. The van der Waals surface area contributed by atoms with Gasteiger partial charge >= 0.3 is 0 Å². The lowest BCUT2D eigenvalue weighted by atomic mass is 10.0. The molecule has 2 rings (SSSR count). The van der Waals surface area contributed by atoms with Crippen molar-refractivity contribution in [3.63, 3.8) is 0 Å². The van der Waals surface area contributed by atoms with E-state index in [1.165, 1.54) is 25.0 Å². The van der Waals surface area contributed by atoms with Gasteiger partial charge in [-0.1, -0.05) is 25.1 Å². The average molecular weight is 279 g/mol. The van der Waals surface area contributed by atoms with Crippen LogP contribution in [0.4, 0.5) is 4.39 Å². The van der Waals surface area contributed by atoms with Crippen molar-refractivity contribution in [1.82, 2.24) is 4.90 Å². The Morgan fingerprint density at radius 3 is 2.95 bits per heavy atom. The molecule has 0 amide bonds. The third kappa shape index (κ3) is 3.10. The number of hydrogen-bond acceptors (Lipinski definition) is 3. The van der Waals surface area contributed by atoms with Crippen molar-refractivity contribution in [3.8, 4) is 0 Å². The minimum absolute atomic E-state index is 0.0419. The molecule has 1 heterocycles. The van der Waals surface area contributed by atoms with Crippen LogP contribution in [0.1, 0.15) is 37.8 Å². The van der Waals surface area contributed by atoms with E-state index >= 15 is 0 Å². The van der Waals surface area contributed by atoms with Gasteiger partial charge in [-0.05, 0) is 43.0 Å². The van der Waals surface area contributed by atoms with Gasteiger partial charge in [0.05, 0.1) is 0 Å². The van der Waals surface area contributed by atoms with E-state index in [0.29, 0.717) is 24.1 Å². The first-order valence-electron chi connectivity index (χ1n) is 7.03. The summed E-state index contributed by atoms with van der Waals surface area (Å²) in [5.74, 6) is 0.169. The Labute approximate surface area is 119 Å². The van der Waals surface area contributed by atoms with Gasteiger partial charge in [0.2, 0.25) is 0 Å². The van der Waals surface area contributed by atoms with Crippen LogP contribution in [0.15, 0.2) is 23.4 Å².